The van der Waals surface area contributed by atoms with Crippen LogP contribution in [0.1, 0.15) is 51.9 Å². The van der Waals surface area contributed by atoms with E-state index in [4.69, 9.17) is 4.74 Å². The topological polar surface area (TPSA) is 58.6 Å². The fraction of sp³-hybridized carbons (Fsp3) is 0.889. The predicted octanol–water partition coefficient (Wildman–Crippen LogP) is 2.26. The lowest BCUT2D eigenvalue weighted by Crippen LogP contribution is -2.44. The van der Waals surface area contributed by atoms with Crippen LogP contribution in [0.3, 0.4) is 0 Å². The Labute approximate surface area is 151 Å². The van der Waals surface area contributed by atoms with Gasteiger partial charge in [0.15, 0.2) is 5.12 Å². The van der Waals surface area contributed by atoms with Crippen LogP contribution in [0.2, 0.25) is 0 Å². The fourth-order valence-corrected chi connectivity index (χ4v) is 4.11. The Kier molecular flexibility index (Phi) is 8.04. The van der Waals surface area contributed by atoms with Crippen molar-refractivity contribution in [2.75, 3.05) is 39.4 Å². The minimum Gasteiger partial charge on any atom is -0.380 e. The molecule has 0 bridgehead atoms. The molecule has 1 saturated heterocycles. The maximum Gasteiger partial charge on any atom is 0.223 e. The van der Waals surface area contributed by atoms with Crippen LogP contribution < -0.4 is 5.32 Å². The van der Waals surface area contributed by atoms with E-state index in [1.165, 1.54) is 25.7 Å². The molecule has 24 heavy (non-hydrogen) atoms. The van der Waals surface area contributed by atoms with Gasteiger partial charge in [-0.05, 0) is 64.0 Å². The molecule has 2 rings (SSSR count). The van der Waals surface area contributed by atoms with Crippen molar-refractivity contribution in [3.63, 3.8) is 0 Å². The van der Waals surface area contributed by atoms with E-state index >= 15 is 0 Å². The minimum absolute atomic E-state index is 0.113. The second kappa shape index (κ2) is 9.78. The molecule has 0 atom stereocenters. The van der Waals surface area contributed by atoms with Crippen molar-refractivity contribution < 1.29 is 14.3 Å². The highest BCUT2D eigenvalue weighted by atomic mass is 32.1. The van der Waals surface area contributed by atoms with Crippen LogP contribution >= 0.6 is 12.6 Å². The van der Waals surface area contributed by atoms with Crippen LogP contribution in [-0.2, 0) is 14.3 Å². The first-order valence-electron chi connectivity index (χ1n) is 9.34. The normalized spacial score (nSPS) is 21.8. The molecule has 2 fully saturated rings. The van der Waals surface area contributed by atoms with Crippen LogP contribution in [0.25, 0.3) is 0 Å². The third kappa shape index (κ3) is 6.05. The summed E-state index contributed by atoms with van der Waals surface area (Å²) in [7, 11) is 0. The maximum atomic E-state index is 12.0. The van der Waals surface area contributed by atoms with Crippen LogP contribution in [0.15, 0.2) is 0 Å². The minimum atomic E-state index is -0.113. The lowest BCUT2D eigenvalue weighted by atomic mass is 9.65. The smallest absolute Gasteiger partial charge is 0.223 e. The zero-order chi connectivity index (χ0) is 17.4. The molecular formula is C18H32N2O3S. The van der Waals surface area contributed by atoms with Crippen molar-refractivity contribution in [2.45, 2.75) is 51.9 Å². The zero-order valence-corrected chi connectivity index (χ0v) is 15.8. The van der Waals surface area contributed by atoms with Gasteiger partial charge in [0.05, 0.1) is 13.2 Å². The van der Waals surface area contributed by atoms with Gasteiger partial charge in [0.1, 0.15) is 0 Å². The fourth-order valence-electron chi connectivity index (χ4n) is 4.02. The van der Waals surface area contributed by atoms with E-state index < -0.39 is 0 Å². The zero-order valence-electron chi connectivity index (χ0n) is 14.9. The lowest BCUT2D eigenvalue weighted by molar-refractivity contribution is -0.127. The summed E-state index contributed by atoms with van der Waals surface area (Å²) in [6, 6.07) is 0. The SMILES string of the molecule is CCNC(=O)C1CCC2(CC1)CCN(CCOCCC(=O)S)CC2. The number of likely N-dealkylation sites (tertiary alicyclic amines) is 1. The summed E-state index contributed by atoms with van der Waals surface area (Å²) >= 11 is 3.73. The third-order valence-electron chi connectivity index (χ3n) is 5.70. The maximum absolute atomic E-state index is 12.0. The molecule has 0 aromatic rings. The van der Waals surface area contributed by atoms with Gasteiger partial charge in [-0.25, -0.2) is 0 Å². The van der Waals surface area contributed by atoms with E-state index in [0.29, 0.717) is 25.0 Å². The van der Waals surface area contributed by atoms with Crippen LogP contribution in [0, 0.1) is 11.3 Å². The van der Waals surface area contributed by atoms with E-state index in [-0.39, 0.29) is 16.9 Å². The Morgan fingerprint density at radius 3 is 2.42 bits per heavy atom. The predicted molar refractivity (Wildman–Crippen MR) is 98.2 cm³/mol. The number of hydrogen-bond donors (Lipinski definition) is 2. The van der Waals surface area contributed by atoms with E-state index in [1.807, 2.05) is 6.92 Å². The molecule has 1 saturated carbocycles. The van der Waals surface area contributed by atoms with E-state index in [2.05, 4.69) is 22.8 Å². The molecule has 1 amide bonds. The van der Waals surface area contributed by atoms with Crippen molar-refractivity contribution in [3.05, 3.63) is 0 Å². The molecule has 1 aliphatic heterocycles. The summed E-state index contributed by atoms with van der Waals surface area (Å²) in [6.45, 7) is 7.08. The van der Waals surface area contributed by atoms with Crippen molar-refractivity contribution in [2.24, 2.45) is 11.3 Å². The quantitative estimate of drug-likeness (QED) is 0.517. The average Bonchev–Trinajstić information content (AvgIpc) is 2.57. The Morgan fingerprint density at radius 2 is 1.83 bits per heavy atom. The first-order chi connectivity index (χ1) is 11.5. The van der Waals surface area contributed by atoms with Gasteiger partial charge < -0.3 is 15.0 Å². The number of carbonyl (C=O) groups excluding carboxylic acids is 2. The molecule has 6 heteroatoms. The molecule has 1 aliphatic carbocycles. The molecule has 5 nitrogen and oxygen atoms in total. The summed E-state index contributed by atoms with van der Waals surface area (Å²) in [5.74, 6) is 0.484. The number of rotatable bonds is 8. The Hall–Kier alpha value is -0.590. The molecular weight excluding hydrogens is 324 g/mol. The summed E-state index contributed by atoms with van der Waals surface area (Å²) in [5, 5.41) is 2.85. The number of amides is 1. The molecule has 0 aromatic heterocycles. The third-order valence-corrected chi connectivity index (χ3v) is 5.92. The second-order valence-electron chi connectivity index (χ2n) is 7.27. The van der Waals surface area contributed by atoms with Gasteiger partial charge in [-0.3, -0.25) is 9.59 Å². The van der Waals surface area contributed by atoms with E-state index in [0.717, 1.165) is 39.0 Å². The highest BCUT2D eigenvalue weighted by molar-refractivity contribution is 7.96. The summed E-state index contributed by atoms with van der Waals surface area (Å²) in [4.78, 5) is 25.2. The summed E-state index contributed by atoms with van der Waals surface area (Å²) < 4.78 is 5.49. The van der Waals surface area contributed by atoms with Gasteiger partial charge in [-0.15, -0.1) is 12.6 Å². The van der Waals surface area contributed by atoms with Crippen molar-refractivity contribution >= 4 is 23.7 Å². The van der Waals surface area contributed by atoms with Gasteiger partial charge in [0, 0.05) is 25.4 Å². The van der Waals surface area contributed by atoms with E-state index in [1.54, 1.807) is 0 Å². The number of nitrogens with one attached hydrogen (secondary N) is 1. The van der Waals surface area contributed by atoms with E-state index in [9.17, 15) is 9.59 Å². The van der Waals surface area contributed by atoms with Crippen LogP contribution in [0.4, 0.5) is 0 Å². The monoisotopic (exact) mass is 356 g/mol. The van der Waals surface area contributed by atoms with Crippen LogP contribution in [-0.4, -0.2) is 55.3 Å². The summed E-state index contributed by atoms with van der Waals surface area (Å²) in [6.07, 6.45) is 7.36. The van der Waals surface area contributed by atoms with Crippen molar-refractivity contribution in [3.8, 4) is 0 Å². The highest BCUT2D eigenvalue weighted by Crippen LogP contribution is 2.46. The molecule has 0 aromatic carbocycles. The number of thiol groups is 1. The van der Waals surface area contributed by atoms with Crippen molar-refractivity contribution in [1.82, 2.24) is 10.2 Å². The first kappa shape index (κ1) is 19.7. The molecule has 0 radical (unpaired) electrons. The Morgan fingerprint density at radius 1 is 1.17 bits per heavy atom. The van der Waals surface area contributed by atoms with Crippen molar-refractivity contribution in [1.29, 1.82) is 0 Å². The standard InChI is InChI=1S/C18H32N2O3S/c1-2-19-17(22)15-3-6-18(7-4-15)8-10-20(11-9-18)12-14-23-13-5-16(21)24/h15H,2-14H2,1H3,(H,19,22)(H,21,24). The van der Waals surface area contributed by atoms with Gasteiger partial charge in [-0.1, -0.05) is 0 Å². The molecule has 1 N–H and O–H groups in total. The molecule has 1 spiro atoms. The Balaban J connectivity index is 1.62. The number of nitrogens with zero attached hydrogens (tertiary/aromatic N) is 1. The number of carbonyl (C=O) groups is 2. The van der Waals surface area contributed by atoms with Gasteiger partial charge in [0.25, 0.3) is 0 Å². The number of ether oxygens (including phenoxy) is 1. The molecule has 138 valence electrons. The van der Waals surface area contributed by atoms with Gasteiger partial charge in [0.2, 0.25) is 5.91 Å². The van der Waals surface area contributed by atoms with Gasteiger partial charge in [-0.2, -0.15) is 0 Å². The molecule has 0 unspecified atom stereocenters. The second-order valence-corrected chi connectivity index (χ2v) is 7.77. The molecule has 1 heterocycles. The summed E-state index contributed by atoms with van der Waals surface area (Å²) in [5.41, 5.74) is 0.471. The largest absolute Gasteiger partial charge is 0.380 e. The lowest BCUT2D eigenvalue weighted by Gasteiger charge is -2.45. The number of piperidine rings is 1. The highest BCUT2D eigenvalue weighted by Gasteiger charge is 2.39. The van der Waals surface area contributed by atoms with Crippen LogP contribution in [0.5, 0.6) is 0 Å². The molecule has 2 aliphatic rings. The number of hydrogen-bond acceptors (Lipinski definition) is 4. The van der Waals surface area contributed by atoms with Gasteiger partial charge >= 0.3 is 0 Å². The first-order valence-corrected chi connectivity index (χ1v) is 9.79. The Bertz CT molecular complexity index is 412. The average molecular weight is 357 g/mol.